The van der Waals surface area contributed by atoms with Gasteiger partial charge in [-0.05, 0) is 31.5 Å². The molecule has 0 unspecified atom stereocenters. The van der Waals surface area contributed by atoms with Gasteiger partial charge in [0.05, 0.1) is 18.4 Å². The third kappa shape index (κ3) is 2.82. The number of hydrogen-bond acceptors (Lipinski definition) is 4. The number of aryl methyl sites for hydroxylation is 2. The number of aromatic nitrogens is 2. The molecule has 0 bridgehead atoms. The smallest absolute Gasteiger partial charge is 0.337 e. The summed E-state index contributed by atoms with van der Waals surface area (Å²) in [7, 11) is 3.26. The van der Waals surface area contributed by atoms with Gasteiger partial charge in [0.1, 0.15) is 12.3 Å². The molecule has 0 spiro atoms. The lowest BCUT2D eigenvalue weighted by atomic mass is 10.1. The van der Waals surface area contributed by atoms with Crippen molar-refractivity contribution < 1.29 is 14.3 Å². The van der Waals surface area contributed by atoms with Crippen LogP contribution in [0.3, 0.4) is 0 Å². The minimum Gasteiger partial charge on any atom is -0.485 e. The van der Waals surface area contributed by atoms with Crippen LogP contribution in [-0.4, -0.2) is 22.9 Å². The molecule has 0 atom stereocenters. The van der Waals surface area contributed by atoms with Crippen molar-refractivity contribution in [3.8, 4) is 5.75 Å². The van der Waals surface area contributed by atoms with Gasteiger partial charge in [-0.3, -0.25) is 4.68 Å². The standard InChI is InChI=1S/C15H18N2O3/c1-10-14(11(2)17(3)16-10)20-9-12-5-7-13(8-6-12)15(18)19-4/h5-8H,9H2,1-4H3. The predicted molar refractivity (Wildman–Crippen MR) is 74.8 cm³/mol. The zero-order valence-electron chi connectivity index (χ0n) is 12.1. The molecule has 5 nitrogen and oxygen atoms in total. The highest BCUT2D eigenvalue weighted by molar-refractivity contribution is 5.89. The summed E-state index contributed by atoms with van der Waals surface area (Å²) >= 11 is 0. The van der Waals surface area contributed by atoms with Crippen LogP contribution in [0.4, 0.5) is 0 Å². The van der Waals surface area contributed by atoms with Gasteiger partial charge in [0.25, 0.3) is 0 Å². The molecule has 0 radical (unpaired) electrons. The third-order valence-corrected chi connectivity index (χ3v) is 3.20. The number of carbonyl (C=O) groups excluding carboxylic acids is 1. The van der Waals surface area contributed by atoms with Gasteiger partial charge in [-0.25, -0.2) is 4.79 Å². The molecule has 20 heavy (non-hydrogen) atoms. The fourth-order valence-corrected chi connectivity index (χ4v) is 1.97. The summed E-state index contributed by atoms with van der Waals surface area (Å²) < 4.78 is 12.3. The normalized spacial score (nSPS) is 10.4. The summed E-state index contributed by atoms with van der Waals surface area (Å²) in [4.78, 5) is 11.3. The van der Waals surface area contributed by atoms with Gasteiger partial charge >= 0.3 is 5.97 Å². The molecule has 0 aliphatic rings. The molecule has 1 heterocycles. The number of carbonyl (C=O) groups is 1. The molecule has 0 saturated carbocycles. The van der Waals surface area contributed by atoms with Crippen molar-refractivity contribution >= 4 is 5.97 Å². The van der Waals surface area contributed by atoms with Gasteiger partial charge in [-0.15, -0.1) is 0 Å². The molecular formula is C15H18N2O3. The van der Waals surface area contributed by atoms with Crippen LogP contribution in [0, 0.1) is 13.8 Å². The summed E-state index contributed by atoms with van der Waals surface area (Å²) in [6.45, 7) is 4.33. The van der Waals surface area contributed by atoms with E-state index in [-0.39, 0.29) is 5.97 Å². The zero-order valence-corrected chi connectivity index (χ0v) is 12.1. The molecule has 0 N–H and O–H groups in total. The molecule has 0 saturated heterocycles. The largest absolute Gasteiger partial charge is 0.485 e. The Morgan fingerprint density at radius 3 is 2.40 bits per heavy atom. The average molecular weight is 274 g/mol. The first-order chi connectivity index (χ1) is 9.52. The molecule has 1 aromatic carbocycles. The lowest BCUT2D eigenvalue weighted by molar-refractivity contribution is 0.0600. The molecule has 2 rings (SSSR count). The number of benzene rings is 1. The van der Waals surface area contributed by atoms with E-state index < -0.39 is 0 Å². The van der Waals surface area contributed by atoms with Crippen molar-refractivity contribution in [3.63, 3.8) is 0 Å². The van der Waals surface area contributed by atoms with E-state index in [1.54, 1.807) is 16.8 Å². The summed E-state index contributed by atoms with van der Waals surface area (Å²) in [5.74, 6) is 0.473. The third-order valence-electron chi connectivity index (χ3n) is 3.20. The van der Waals surface area contributed by atoms with Crippen LogP contribution in [-0.2, 0) is 18.4 Å². The maximum Gasteiger partial charge on any atom is 0.337 e. The van der Waals surface area contributed by atoms with Crippen LogP contribution in [0.15, 0.2) is 24.3 Å². The van der Waals surface area contributed by atoms with Crippen molar-refractivity contribution in [2.45, 2.75) is 20.5 Å². The molecule has 1 aromatic heterocycles. The summed E-state index contributed by atoms with van der Waals surface area (Å²) in [6.07, 6.45) is 0. The van der Waals surface area contributed by atoms with E-state index in [1.165, 1.54) is 7.11 Å². The van der Waals surface area contributed by atoms with E-state index in [9.17, 15) is 4.79 Å². The number of ether oxygens (including phenoxy) is 2. The first-order valence-corrected chi connectivity index (χ1v) is 6.33. The second-order valence-electron chi connectivity index (χ2n) is 4.60. The molecule has 106 valence electrons. The Kier molecular flexibility index (Phi) is 4.08. The maximum absolute atomic E-state index is 11.3. The lowest BCUT2D eigenvalue weighted by Crippen LogP contribution is -2.02. The summed E-state index contributed by atoms with van der Waals surface area (Å²) in [5, 5.41) is 4.30. The van der Waals surface area contributed by atoms with Gasteiger partial charge in [-0.1, -0.05) is 12.1 Å². The summed E-state index contributed by atoms with van der Waals surface area (Å²) in [5.41, 5.74) is 3.38. The van der Waals surface area contributed by atoms with Crippen LogP contribution in [0.5, 0.6) is 5.75 Å². The first-order valence-electron chi connectivity index (χ1n) is 6.33. The van der Waals surface area contributed by atoms with E-state index in [4.69, 9.17) is 4.74 Å². The van der Waals surface area contributed by atoms with Gasteiger partial charge in [0.2, 0.25) is 0 Å². The van der Waals surface area contributed by atoms with E-state index >= 15 is 0 Å². The van der Waals surface area contributed by atoms with Crippen molar-refractivity contribution in [1.82, 2.24) is 9.78 Å². The Balaban J connectivity index is 2.06. The molecule has 5 heteroatoms. The Bertz CT molecular complexity index is 615. The maximum atomic E-state index is 11.3. The van der Waals surface area contributed by atoms with Crippen LogP contribution >= 0.6 is 0 Å². The van der Waals surface area contributed by atoms with E-state index in [0.717, 1.165) is 22.7 Å². The number of rotatable bonds is 4. The topological polar surface area (TPSA) is 53.4 Å². The van der Waals surface area contributed by atoms with Crippen molar-refractivity contribution in [2.75, 3.05) is 7.11 Å². The molecule has 2 aromatic rings. The van der Waals surface area contributed by atoms with Crippen molar-refractivity contribution in [1.29, 1.82) is 0 Å². The van der Waals surface area contributed by atoms with Crippen LogP contribution in [0.2, 0.25) is 0 Å². The number of methoxy groups -OCH3 is 1. The van der Waals surface area contributed by atoms with Crippen molar-refractivity contribution in [3.05, 3.63) is 46.8 Å². The van der Waals surface area contributed by atoms with E-state index in [2.05, 4.69) is 9.84 Å². The molecule has 0 aliphatic heterocycles. The highest BCUT2D eigenvalue weighted by atomic mass is 16.5. The fraction of sp³-hybridized carbons (Fsp3) is 0.333. The van der Waals surface area contributed by atoms with Crippen molar-refractivity contribution in [2.24, 2.45) is 7.05 Å². The highest BCUT2D eigenvalue weighted by Crippen LogP contribution is 2.22. The fourth-order valence-electron chi connectivity index (χ4n) is 1.97. The van der Waals surface area contributed by atoms with Gasteiger partial charge in [0.15, 0.2) is 5.75 Å². The quantitative estimate of drug-likeness (QED) is 0.803. The second-order valence-corrected chi connectivity index (χ2v) is 4.60. The Morgan fingerprint density at radius 1 is 1.25 bits per heavy atom. The zero-order chi connectivity index (χ0) is 14.7. The minimum absolute atomic E-state index is 0.337. The molecular weight excluding hydrogens is 256 g/mol. The van der Waals surface area contributed by atoms with Gasteiger partial charge in [-0.2, -0.15) is 5.10 Å². The predicted octanol–water partition coefficient (Wildman–Crippen LogP) is 2.40. The number of hydrogen-bond donors (Lipinski definition) is 0. The SMILES string of the molecule is COC(=O)c1ccc(COc2c(C)nn(C)c2C)cc1. The van der Waals surface area contributed by atoms with Gasteiger partial charge < -0.3 is 9.47 Å². The first kappa shape index (κ1) is 14.1. The highest BCUT2D eigenvalue weighted by Gasteiger charge is 2.11. The number of nitrogens with zero attached hydrogens (tertiary/aromatic N) is 2. The Morgan fingerprint density at radius 2 is 1.90 bits per heavy atom. The Labute approximate surface area is 118 Å². The van der Waals surface area contributed by atoms with Crippen LogP contribution in [0.25, 0.3) is 0 Å². The van der Waals surface area contributed by atoms with Crippen LogP contribution < -0.4 is 4.74 Å². The van der Waals surface area contributed by atoms with E-state index in [0.29, 0.717) is 12.2 Å². The van der Waals surface area contributed by atoms with E-state index in [1.807, 2.05) is 33.0 Å². The lowest BCUT2D eigenvalue weighted by Gasteiger charge is -2.07. The minimum atomic E-state index is -0.337. The molecule has 0 fully saturated rings. The van der Waals surface area contributed by atoms with Crippen LogP contribution in [0.1, 0.15) is 27.3 Å². The summed E-state index contributed by atoms with van der Waals surface area (Å²) in [6, 6.07) is 7.17. The monoisotopic (exact) mass is 274 g/mol. The average Bonchev–Trinajstić information content (AvgIpc) is 2.70. The number of esters is 1. The molecule has 0 aliphatic carbocycles. The molecule has 0 amide bonds. The Hall–Kier alpha value is -2.30. The van der Waals surface area contributed by atoms with Gasteiger partial charge in [0, 0.05) is 7.05 Å². The second kappa shape index (κ2) is 5.77.